The number of carbonyl (C=O) groups is 1. The van der Waals surface area contributed by atoms with Gasteiger partial charge in [0.1, 0.15) is 5.69 Å². The molecular formula is C18H18N4O3. The molecule has 1 aliphatic heterocycles. The smallest absolute Gasteiger partial charge is 0.271 e. The summed E-state index contributed by atoms with van der Waals surface area (Å²) >= 11 is 0. The predicted molar refractivity (Wildman–Crippen MR) is 91.0 cm³/mol. The van der Waals surface area contributed by atoms with Gasteiger partial charge >= 0.3 is 0 Å². The molecule has 0 aliphatic carbocycles. The quantitative estimate of drug-likeness (QED) is 0.784. The Morgan fingerprint density at radius 3 is 3.20 bits per heavy atom. The van der Waals surface area contributed by atoms with Gasteiger partial charge in [-0.05, 0) is 24.1 Å². The number of hydrogen-bond acceptors (Lipinski definition) is 5. The number of fused-ring (bicyclic) bond motifs is 2. The number of carbonyl (C=O) groups excluding carboxylic acids is 1. The molecule has 3 heterocycles. The van der Waals surface area contributed by atoms with Crippen molar-refractivity contribution in [1.29, 1.82) is 0 Å². The van der Waals surface area contributed by atoms with Crippen LogP contribution in [0.1, 0.15) is 16.1 Å². The van der Waals surface area contributed by atoms with E-state index >= 15 is 0 Å². The summed E-state index contributed by atoms with van der Waals surface area (Å²) in [6.45, 7) is 1.07. The summed E-state index contributed by atoms with van der Waals surface area (Å²) in [5, 5.41) is 2.94. The molecule has 1 aromatic carbocycles. The summed E-state index contributed by atoms with van der Waals surface area (Å²) in [6, 6.07) is 7.66. The molecule has 0 unspecified atom stereocenters. The number of hydrogen-bond donors (Lipinski definition) is 1. The van der Waals surface area contributed by atoms with E-state index in [2.05, 4.69) is 15.3 Å². The van der Waals surface area contributed by atoms with Crippen LogP contribution in [0.25, 0.3) is 5.78 Å². The number of methoxy groups -OCH3 is 1. The van der Waals surface area contributed by atoms with Crippen molar-refractivity contribution in [2.24, 2.45) is 5.92 Å². The van der Waals surface area contributed by atoms with Crippen LogP contribution in [0.4, 0.5) is 0 Å². The van der Waals surface area contributed by atoms with Gasteiger partial charge in [0, 0.05) is 31.1 Å². The minimum Gasteiger partial charge on any atom is -0.493 e. The fourth-order valence-electron chi connectivity index (χ4n) is 3.02. The summed E-state index contributed by atoms with van der Waals surface area (Å²) in [5.74, 6) is 2.06. The largest absolute Gasteiger partial charge is 0.493 e. The van der Waals surface area contributed by atoms with Crippen molar-refractivity contribution in [2.45, 2.75) is 6.42 Å². The Labute approximate surface area is 144 Å². The highest BCUT2D eigenvalue weighted by Gasteiger charge is 2.23. The second-order valence-electron chi connectivity index (χ2n) is 5.99. The molecular weight excluding hydrogens is 320 g/mol. The first kappa shape index (κ1) is 15.4. The van der Waals surface area contributed by atoms with Gasteiger partial charge in [-0.3, -0.25) is 9.20 Å². The van der Waals surface area contributed by atoms with Gasteiger partial charge in [-0.1, -0.05) is 12.1 Å². The van der Waals surface area contributed by atoms with E-state index in [0.717, 1.165) is 23.5 Å². The lowest BCUT2D eigenvalue weighted by Crippen LogP contribution is -2.35. The molecule has 25 heavy (non-hydrogen) atoms. The van der Waals surface area contributed by atoms with Gasteiger partial charge in [0.2, 0.25) is 5.78 Å². The summed E-state index contributed by atoms with van der Waals surface area (Å²) in [7, 11) is 1.63. The van der Waals surface area contributed by atoms with E-state index < -0.39 is 0 Å². The number of ether oxygens (including phenoxy) is 2. The molecule has 3 aromatic rings. The summed E-state index contributed by atoms with van der Waals surface area (Å²) in [6.07, 6.45) is 5.97. The first-order chi connectivity index (χ1) is 12.2. The average Bonchev–Trinajstić information content (AvgIpc) is 3.09. The van der Waals surface area contributed by atoms with E-state index in [1.54, 1.807) is 30.0 Å². The second-order valence-corrected chi connectivity index (χ2v) is 5.99. The van der Waals surface area contributed by atoms with Gasteiger partial charge in [0.05, 0.1) is 13.7 Å². The van der Waals surface area contributed by atoms with Crippen LogP contribution in [0.15, 0.2) is 42.9 Å². The molecule has 0 spiro atoms. The zero-order chi connectivity index (χ0) is 17.2. The average molecular weight is 338 g/mol. The predicted octanol–water partition coefficient (Wildman–Crippen LogP) is 1.72. The van der Waals surface area contributed by atoms with Crippen LogP contribution in [0.5, 0.6) is 11.5 Å². The minimum absolute atomic E-state index is 0.207. The van der Waals surface area contributed by atoms with E-state index in [9.17, 15) is 4.79 Å². The van der Waals surface area contributed by atoms with Crippen LogP contribution >= 0.6 is 0 Å². The van der Waals surface area contributed by atoms with Crippen LogP contribution < -0.4 is 14.8 Å². The first-order valence-corrected chi connectivity index (χ1v) is 8.11. The van der Waals surface area contributed by atoms with Crippen molar-refractivity contribution in [3.8, 4) is 11.5 Å². The molecule has 7 heteroatoms. The third kappa shape index (κ3) is 3.00. The summed E-state index contributed by atoms with van der Waals surface area (Å²) in [5.41, 5.74) is 1.46. The molecule has 2 aromatic heterocycles. The number of aromatic nitrogens is 3. The van der Waals surface area contributed by atoms with E-state index in [1.165, 1.54) is 0 Å². The molecule has 1 atom stereocenters. The van der Waals surface area contributed by atoms with Crippen molar-refractivity contribution in [1.82, 2.24) is 19.7 Å². The molecule has 0 fully saturated rings. The lowest BCUT2D eigenvalue weighted by molar-refractivity contribution is 0.0934. The van der Waals surface area contributed by atoms with Crippen LogP contribution in [-0.2, 0) is 6.42 Å². The molecule has 0 bridgehead atoms. The van der Waals surface area contributed by atoms with Gasteiger partial charge < -0.3 is 14.8 Å². The molecule has 0 radical (unpaired) electrons. The fraction of sp³-hybridized carbons (Fsp3) is 0.278. The zero-order valence-corrected chi connectivity index (χ0v) is 13.8. The van der Waals surface area contributed by atoms with Crippen LogP contribution in [0, 0.1) is 5.92 Å². The van der Waals surface area contributed by atoms with Crippen LogP contribution in [-0.4, -0.2) is 40.5 Å². The van der Waals surface area contributed by atoms with Crippen molar-refractivity contribution in [3.05, 3.63) is 54.1 Å². The monoisotopic (exact) mass is 338 g/mol. The molecule has 0 saturated heterocycles. The Morgan fingerprint density at radius 2 is 2.36 bits per heavy atom. The van der Waals surface area contributed by atoms with Crippen molar-refractivity contribution in [3.63, 3.8) is 0 Å². The third-order valence-corrected chi connectivity index (χ3v) is 4.27. The highest BCUT2D eigenvalue weighted by Crippen LogP contribution is 2.35. The van der Waals surface area contributed by atoms with Crippen molar-refractivity contribution < 1.29 is 14.3 Å². The molecule has 1 N–H and O–H groups in total. The van der Waals surface area contributed by atoms with Crippen molar-refractivity contribution in [2.75, 3.05) is 20.3 Å². The number of nitrogens with one attached hydrogen (secondary N) is 1. The maximum Gasteiger partial charge on any atom is 0.271 e. The lowest BCUT2D eigenvalue weighted by Gasteiger charge is -2.26. The maximum absolute atomic E-state index is 12.3. The fourth-order valence-corrected chi connectivity index (χ4v) is 3.02. The highest BCUT2D eigenvalue weighted by molar-refractivity contribution is 5.92. The Morgan fingerprint density at radius 1 is 1.44 bits per heavy atom. The number of para-hydroxylation sites is 1. The minimum atomic E-state index is -0.207. The SMILES string of the molecule is COc1cccc2c1OC[C@H](CNC(=O)c1cn3cccnc3n1)C2. The molecule has 1 amide bonds. The van der Waals surface area contributed by atoms with Gasteiger partial charge in [0.15, 0.2) is 11.5 Å². The third-order valence-electron chi connectivity index (χ3n) is 4.27. The molecule has 1 aliphatic rings. The second kappa shape index (κ2) is 6.43. The Kier molecular flexibility index (Phi) is 3.97. The van der Waals surface area contributed by atoms with E-state index in [4.69, 9.17) is 9.47 Å². The van der Waals surface area contributed by atoms with Gasteiger partial charge in [0.25, 0.3) is 5.91 Å². The molecule has 128 valence electrons. The molecule has 4 rings (SSSR count). The van der Waals surface area contributed by atoms with Gasteiger partial charge in [-0.2, -0.15) is 0 Å². The number of nitrogens with zero attached hydrogens (tertiary/aromatic N) is 3. The number of rotatable bonds is 4. The Bertz CT molecular complexity index is 889. The van der Waals surface area contributed by atoms with Crippen molar-refractivity contribution >= 4 is 11.7 Å². The topological polar surface area (TPSA) is 77.8 Å². The van der Waals surface area contributed by atoms with Crippen LogP contribution in [0.2, 0.25) is 0 Å². The highest BCUT2D eigenvalue weighted by atomic mass is 16.5. The van der Waals surface area contributed by atoms with E-state index in [1.807, 2.05) is 24.4 Å². The number of amides is 1. The lowest BCUT2D eigenvalue weighted by atomic mass is 9.96. The first-order valence-electron chi connectivity index (χ1n) is 8.11. The zero-order valence-electron chi connectivity index (χ0n) is 13.8. The van der Waals surface area contributed by atoms with Gasteiger partial charge in [-0.15, -0.1) is 0 Å². The Hall–Kier alpha value is -3.09. The number of benzene rings is 1. The molecule has 7 nitrogen and oxygen atoms in total. The Balaban J connectivity index is 1.40. The standard InChI is InChI=1S/C18H18N4O3/c1-24-15-5-2-4-13-8-12(11-25-16(13)15)9-20-17(23)14-10-22-7-3-6-19-18(22)21-14/h2-7,10,12H,8-9,11H2,1H3,(H,20,23)/t12-/m0/s1. The maximum atomic E-state index is 12.3. The summed E-state index contributed by atoms with van der Waals surface area (Å²) < 4.78 is 12.9. The van der Waals surface area contributed by atoms with Crippen LogP contribution in [0.3, 0.4) is 0 Å². The molecule has 0 saturated carbocycles. The van der Waals surface area contributed by atoms with E-state index in [0.29, 0.717) is 24.6 Å². The normalized spacial score (nSPS) is 16.1. The number of imidazole rings is 1. The van der Waals surface area contributed by atoms with Gasteiger partial charge in [-0.25, -0.2) is 9.97 Å². The summed E-state index contributed by atoms with van der Waals surface area (Å²) in [4.78, 5) is 20.7. The van der Waals surface area contributed by atoms with E-state index in [-0.39, 0.29) is 11.8 Å².